The highest BCUT2D eigenvalue weighted by Crippen LogP contribution is 2.34. The number of fused-ring (bicyclic) bond motifs is 1. The molecule has 19 heavy (non-hydrogen) atoms. The van der Waals surface area contributed by atoms with Crippen LogP contribution in [0.4, 0.5) is 17.1 Å². The molecular formula is C16H18N2O. The Hall–Kier alpha value is -2.16. The van der Waals surface area contributed by atoms with Gasteiger partial charge in [0.1, 0.15) is 5.75 Å². The SMILES string of the molecule is Cc1ccc(N)c(N(C)c2ccc3c(c2)CCO3)c1. The summed E-state index contributed by atoms with van der Waals surface area (Å²) in [5.41, 5.74) is 11.5. The number of aryl methyl sites for hydroxylation is 1. The highest BCUT2D eigenvalue weighted by Gasteiger charge is 2.15. The number of hydrogen-bond acceptors (Lipinski definition) is 3. The maximum Gasteiger partial charge on any atom is 0.122 e. The molecule has 0 bridgehead atoms. The Bertz CT molecular complexity index is 622. The Morgan fingerprint density at radius 1 is 1.16 bits per heavy atom. The molecular weight excluding hydrogens is 236 g/mol. The summed E-state index contributed by atoms with van der Waals surface area (Å²) in [7, 11) is 2.04. The highest BCUT2D eigenvalue weighted by atomic mass is 16.5. The summed E-state index contributed by atoms with van der Waals surface area (Å²) in [5, 5.41) is 0. The molecule has 2 N–H and O–H groups in total. The molecule has 0 unspecified atom stereocenters. The van der Waals surface area contributed by atoms with Crippen molar-refractivity contribution in [1.29, 1.82) is 0 Å². The van der Waals surface area contributed by atoms with Crippen molar-refractivity contribution in [3.05, 3.63) is 47.5 Å². The van der Waals surface area contributed by atoms with Gasteiger partial charge in [-0.05, 0) is 48.4 Å². The van der Waals surface area contributed by atoms with Crippen LogP contribution in [-0.4, -0.2) is 13.7 Å². The van der Waals surface area contributed by atoms with Crippen LogP contribution in [0.5, 0.6) is 5.75 Å². The number of nitrogens with two attached hydrogens (primary N) is 1. The average molecular weight is 254 g/mol. The highest BCUT2D eigenvalue weighted by molar-refractivity contribution is 5.75. The minimum absolute atomic E-state index is 0.787. The first kappa shape index (κ1) is 11.9. The number of rotatable bonds is 2. The van der Waals surface area contributed by atoms with Gasteiger partial charge in [-0.25, -0.2) is 0 Å². The van der Waals surface area contributed by atoms with E-state index in [0.29, 0.717) is 0 Å². The lowest BCUT2D eigenvalue weighted by Gasteiger charge is -2.22. The Balaban J connectivity index is 1.99. The lowest BCUT2D eigenvalue weighted by Crippen LogP contribution is -2.12. The summed E-state index contributed by atoms with van der Waals surface area (Å²) in [6, 6.07) is 12.4. The van der Waals surface area contributed by atoms with Crippen molar-refractivity contribution < 1.29 is 4.74 Å². The monoisotopic (exact) mass is 254 g/mol. The predicted molar refractivity (Wildman–Crippen MR) is 79.3 cm³/mol. The second kappa shape index (κ2) is 4.50. The summed E-state index contributed by atoms with van der Waals surface area (Å²) in [6.07, 6.45) is 0.986. The van der Waals surface area contributed by atoms with Crippen LogP contribution in [0.15, 0.2) is 36.4 Å². The van der Waals surface area contributed by atoms with Gasteiger partial charge in [0.2, 0.25) is 0 Å². The fourth-order valence-corrected chi connectivity index (χ4v) is 2.46. The number of nitrogens with zero attached hydrogens (tertiary/aromatic N) is 1. The Morgan fingerprint density at radius 2 is 2.00 bits per heavy atom. The van der Waals surface area contributed by atoms with E-state index in [1.165, 1.54) is 11.1 Å². The van der Waals surface area contributed by atoms with Crippen LogP contribution in [0, 0.1) is 6.92 Å². The van der Waals surface area contributed by atoms with E-state index >= 15 is 0 Å². The minimum atomic E-state index is 0.787. The van der Waals surface area contributed by atoms with Crippen molar-refractivity contribution in [2.24, 2.45) is 0 Å². The predicted octanol–water partition coefficient (Wildman–Crippen LogP) is 3.28. The quantitative estimate of drug-likeness (QED) is 0.836. The molecule has 3 nitrogen and oxygen atoms in total. The second-order valence-corrected chi connectivity index (χ2v) is 5.01. The summed E-state index contributed by atoms with van der Waals surface area (Å²) in [5.74, 6) is 1.01. The zero-order valence-corrected chi connectivity index (χ0v) is 11.3. The fourth-order valence-electron chi connectivity index (χ4n) is 2.46. The van der Waals surface area contributed by atoms with E-state index in [9.17, 15) is 0 Å². The summed E-state index contributed by atoms with van der Waals surface area (Å²) in [4.78, 5) is 2.13. The zero-order chi connectivity index (χ0) is 13.4. The maximum absolute atomic E-state index is 6.07. The topological polar surface area (TPSA) is 38.5 Å². The first-order valence-electron chi connectivity index (χ1n) is 6.51. The Labute approximate surface area is 113 Å². The zero-order valence-electron chi connectivity index (χ0n) is 11.3. The van der Waals surface area contributed by atoms with Crippen molar-refractivity contribution in [1.82, 2.24) is 0 Å². The van der Waals surface area contributed by atoms with Gasteiger partial charge < -0.3 is 15.4 Å². The average Bonchev–Trinajstić information content (AvgIpc) is 2.88. The maximum atomic E-state index is 6.07. The number of hydrogen-bond donors (Lipinski definition) is 1. The molecule has 2 aromatic carbocycles. The van der Waals surface area contributed by atoms with E-state index < -0.39 is 0 Å². The van der Waals surface area contributed by atoms with Crippen molar-refractivity contribution in [2.75, 3.05) is 24.3 Å². The second-order valence-electron chi connectivity index (χ2n) is 5.01. The summed E-state index contributed by atoms with van der Waals surface area (Å²) < 4.78 is 5.54. The first-order valence-corrected chi connectivity index (χ1v) is 6.51. The number of benzene rings is 2. The van der Waals surface area contributed by atoms with Gasteiger partial charge in [-0.3, -0.25) is 0 Å². The molecule has 0 atom stereocenters. The van der Waals surface area contributed by atoms with Crippen LogP contribution in [-0.2, 0) is 6.42 Å². The van der Waals surface area contributed by atoms with Gasteiger partial charge in [0.15, 0.2) is 0 Å². The Morgan fingerprint density at radius 3 is 2.84 bits per heavy atom. The lowest BCUT2D eigenvalue weighted by molar-refractivity contribution is 0.357. The molecule has 1 heterocycles. The third kappa shape index (κ3) is 2.12. The van der Waals surface area contributed by atoms with Crippen molar-refractivity contribution in [3.8, 4) is 5.75 Å². The first-order chi connectivity index (χ1) is 9.15. The summed E-state index contributed by atoms with van der Waals surface area (Å²) in [6.45, 7) is 2.86. The molecule has 0 fully saturated rings. The molecule has 1 aliphatic rings. The van der Waals surface area contributed by atoms with Crippen LogP contribution in [0.3, 0.4) is 0 Å². The van der Waals surface area contributed by atoms with E-state index in [1.807, 2.05) is 25.2 Å². The summed E-state index contributed by atoms with van der Waals surface area (Å²) >= 11 is 0. The Kier molecular flexibility index (Phi) is 2.82. The normalized spacial score (nSPS) is 12.9. The third-order valence-corrected chi connectivity index (χ3v) is 3.61. The fraction of sp³-hybridized carbons (Fsp3) is 0.250. The van der Waals surface area contributed by atoms with Gasteiger partial charge in [-0.1, -0.05) is 6.07 Å². The number of anilines is 3. The van der Waals surface area contributed by atoms with E-state index in [1.54, 1.807) is 0 Å². The molecule has 3 rings (SSSR count). The van der Waals surface area contributed by atoms with Gasteiger partial charge >= 0.3 is 0 Å². The van der Waals surface area contributed by atoms with E-state index in [-0.39, 0.29) is 0 Å². The molecule has 0 radical (unpaired) electrons. The van der Waals surface area contributed by atoms with Crippen molar-refractivity contribution in [2.45, 2.75) is 13.3 Å². The van der Waals surface area contributed by atoms with Gasteiger partial charge in [-0.2, -0.15) is 0 Å². The minimum Gasteiger partial charge on any atom is -0.493 e. The van der Waals surface area contributed by atoms with Gasteiger partial charge in [0.05, 0.1) is 18.0 Å². The van der Waals surface area contributed by atoms with Gasteiger partial charge in [0, 0.05) is 19.2 Å². The molecule has 0 aliphatic carbocycles. The molecule has 98 valence electrons. The number of ether oxygens (including phenoxy) is 1. The van der Waals surface area contributed by atoms with Crippen LogP contribution in [0.2, 0.25) is 0 Å². The van der Waals surface area contributed by atoms with Crippen LogP contribution >= 0.6 is 0 Å². The standard InChI is InChI=1S/C16H18N2O/c1-11-3-5-14(17)15(9-11)18(2)13-4-6-16-12(10-13)7-8-19-16/h3-6,9-10H,7-8,17H2,1-2H3. The molecule has 2 aromatic rings. The smallest absolute Gasteiger partial charge is 0.122 e. The molecule has 0 spiro atoms. The molecule has 0 saturated heterocycles. The largest absolute Gasteiger partial charge is 0.493 e. The van der Waals surface area contributed by atoms with Gasteiger partial charge in [-0.15, -0.1) is 0 Å². The van der Waals surface area contributed by atoms with Crippen molar-refractivity contribution in [3.63, 3.8) is 0 Å². The molecule has 0 amide bonds. The van der Waals surface area contributed by atoms with E-state index in [2.05, 4.69) is 30.0 Å². The van der Waals surface area contributed by atoms with E-state index in [4.69, 9.17) is 10.5 Å². The van der Waals surface area contributed by atoms with E-state index in [0.717, 1.165) is 35.8 Å². The van der Waals surface area contributed by atoms with Gasteiger partial charge in [0.25, 0.3) is 0 Å². The van der Waals surface area contributed by atoms with Crippen molar-refractivity contribution >= 4 is 17.1 Å². The molecule has 1 aliphatic heterocycles. The molecule has 0 aromatic heterocycles. The van der Waals surface area contributed by atoms with Crippen LogP contribution < -0.4 is 15.4 Å². The lowest BCUT2D eigenvalue weighted by atomic mass is 10.1. The van der Waals surface area contributed by atoms with Crippen LogP contribution in [0.25, 0.3) is 0 Å². The molecule has 3 heteroatoms. The number of nitrogen functional groups attached to an aromatic ring is 1. The van der Waals surface area contributed by atoms with Crippen LogP contribution in [0.1, 0.15) is 11.1 Å². The molecule has 0 saturated carbocycles. The third-order valence-electron chi connectivity index (χ3n) is 3.61.